The number of thioether (sulfide) groups is 1. The number of anilines is 1. The maximum absolute atomic E-state index is 11.2. The Labute approximate surface area is 117 Å². The third-order valence-electron chi connectivity index (χ3n) is 3.27. The minimum atomic E-state index is -0.917. The molecule has 4 nitrogen and oxygen atoms in total. The summed E-state index contributed by atoms with van der Waals surface area (Å²) in [6.07, 6.45) is -0.204. The summed E-state index contributed by atoms with van der Waals surface area (Å²) in [5.41, 5.74) is 2.67. The van der Waals surface area contributed by atoms with Gasteiger partial charge in [-0.05, 0) is 46.9 Å². The fourth-order valence-electron chi connectivity index (χ4n) is 2.33. The first kappa shape index (κ1) is 13.8. The van der Waals surface area contributed by atoms with Gasteiger partial charge in [0, 0.05) is 11.4 Å². The SMILES string of the molecule is CC(C)(C)c1cc2c(cc1SC#N)CCN2C(=O)O. The molecule has 0 radical (unpaired) electrons. The monoisotopic (exact) mass is 276 g/mol. The van der Waals surface area contributed by atoms with Crippen LogP contribution in [0.5, 0.6) is 0 Å². The van der Waals surface area contributed by atoms with Gasteiger partial charge in [-0.15, -0.1) is 0 Å². The van der Waals surface area contributed by atoms with Gasteiger partial charge in [-0.1, -0.05) is 20.8 Å². The molecule has 19 heavy (non-hydrogen) atoms. The number of carbonyl (C=O) groups is 1. The summed E-state index contributed by atoms with van der Waals surface area (Å²) in [6, 6.07) is 3.89. The number of hydrogen-bond acceptors (Lipinski definition) is 3. The molecular formula is C14H16N2O2S. The molecule has 100 valence electrons. The van der Waals surface area contributed by atoms with Gasteiger partial charge in [0.25, 0.3) is 0 Å². The van der Waals surface area contributed by atoms with E-state index >= 15 is 0 Å². The predicted octanol–water partition coefficient (Wildman–Crippen LogP) is 3.60. The summed E-state index contributed by atoms with van der Waals surface area (Å²) in [6.45, 7) is 6.69. The molecule has 1 N–H and O–H groups in total. The zero-order chi connectivity index (χ0) is 14.2. The van der Waals surface area contributed by atoms with Crippen molar-refractivity contribution in [2.45, 2.75) is 37.5 Å². The summed E-state index contributed by atoms with van der Waals surface area (Å²) in [4.78, 5) is 13.5. The third kappa shape index (κ3) is 2.54. The lowest BCUT2D eigenvalue weighted by atomic mass is 9.86. The van der Waals surface area contributed by atoms with Crippen LogP contribution in [0.4, 0.5) is 10.5 Å². The van der Waals surface area contributed by atoms with Crippen LogP contribution >= 0.6 is 11.8 Å². The average Bonchev–Trinajstić information content (AvgIpc) is 2.69. The van der Waals surface area contributed by atoms with Crippen molar-refractivity contribution < 1.29 is 9.90 Å². The van der Waals surface area contributed by atoms with Crippen LogP contribution in [0.3, 0.4) is 0 Å². The molecule has 0 saturated heterocycles. The Morgan fingerprint density at radius 2 is 2.16 bits per heavy atom. The van der Waals surface area contributed by atoms with E-state index in [0.29, 0.717) is 13.0 Å². The molecular weight excluding hydrogens is 260 g/mol. The number of benzene rings is 1. The molecule has 1 amide bonds. The van der Waals surface area contributed by atoms with Gasteiger partial charge in [0.05, 0.1) is 5.69 Å². The van der Waals surface area contributed by atoms with E-state index in [1.54, 1.807) is 0 Å². The zero-order valence-electron chi connectivity index (χ0n) is 11.2. The summed E-state index contributed by atoms with van der Waals surface area (Å²) < 4.78 is 0. The van der Waals surface area contributed by atoms with Gasteiger partial charge in [0.15, 0.2) is 0 Å². The number of thiocyanates is 1. The number of hydrogen-bond donors (Lipinski definition) is 1. The van der Waals surface area contributed by atoms with E-state index in [1.165, 1.54) is 4.90 Å². The quantitative estimate of drug-likeness (QED) is 0.628. The highest BCUT2D eigenvalue weighted by atomic mass is 32.2. The molecule has 2 rings (SSSR count). The van der Waals surface area contributed by atoms with Crippen LogP contribution in [0, 0.1) is 10.7 Å². The van der Waals surface area contributed by atoms with Crippen LogP contribution in [0.25, 0.3) is 0 Å². The van der Waals surface area contributed by atoms with Crippen molar-refractivity contribution in [2.75, 3.05) is 11.4 Å². The first-order chi connectivity index (χ1) is 8.84. The lowest BCUT2D eigenvalue weighted by Crippen LogP contribution is -2.27. The molecule has 0 saturated carbocycles. The first-order valence-corrected chi connectivity index (χ1v) is 6.90. The smallest absolute Gasteiger partial charge is 0.411 e. The lowest BCUT2D eigenvalue weighted by molar-refractivity contribution is 0.202. The third-order valence-corrected chi connectivity index (χ3v) is 3.92. The maximum atomic E-state index is 11.2. The van der Waals surface area contributed by atoms with Gasteiger partial charge in [0.1, 0.15) is 5.40 Å². The largest absolute Gasteiger partial charge is 0.465 e. The van der Waals surface area contributed by atoms with Crippen molar-refractivity contribution in [1.29, 1.82) is 5.26 Å². The molecule has 1 aromatic carbocycles. The predicted molar refractivity (Wildman–Crippen MR) is 75.7 cm³/mol. The fourth-order valence-corrected chi connectivity index (χ4v) is 3.11. The molecule has 1 aliphatic heterocycles. The van der Waals surface area contributed by atoms with Gasteiger partial charge < -0.3 is 5.11 Å². The number of nitriles is 1. The van der Waals surface area contributed by atoms with Crippen LogP contribution in [0.2, 0.25) is 0 Å². The van der Waals surface area contributed by atoms with Crippen LogP contribution in [-0.2, 0) is 11.8 Å². The molecule has 0 aliphatic carbocycles. The van der Waals surface area contributed by atoms with Gasteiger partial charge in [-0.25, -0.2) is 4.79 Å². The van der Waals surface area contributed by atoms with E-state index in [1.807, 2.05) is 12.1 Å². The summed E-state index contributed by atoms with van der Waals surface area (Å²) in [5.74, 6) is 0. The van der Waals surface area contributed by atoms with E-state index in [0.717, 1.165) is 33.5 Å². The number of fused-ring (bicyclic) bond motifs is 1. The molecule has 0 atom stereocenters. The minimum Gasteiger partial charge on any atom is -0.465 e. The molecule has 0 fully saturated rings. The second kappa shape index (κ2) is 4.78. The van der Waals surface area contributed by atoms with Crippen LogP contribution in [-0.4, -0.2) is 17.7 Å². The Kier molecular flexibility index (Phi) is 3.46. The topological polar surface area (TPSA) is 64.3 Å². The standard InChI is InChI=1S/C14H16N2O2S/c1-14(2,3)10-7-11-9(6-12(10)19-8-15)4-5-16(11)13(17)18/h6-7H,4-5H2,1-3H3,(H,17,18). The van der Waals surface area contributed by atoms with Gasteiger partial charge >= 0.3 is 6.09 Å². The Hall–Kier alpha value is -1.67. The lowest BCUT2D eigenvalue weighted by Gasteiger charge is -2.24. The normalized spacial score (nSPS) is 14.1. The number of amides is 1. The summed E-state index contributed by atoms with van der Waals surface area (Å²) in [7, 11) is 0. The second-order valence-electron chi connectivity index (χ2n) is 5.60. The van der Waals surface area contributed by atoms with E-state index in [4.69, 9.17) is 5.26 Å². The van der Waals surface area contributed by atoms with E-state index in [2.05, 4.69) is 26.2 Å². The van der Waals surface area contributed by atoms with E-state index in [-0.39, 0.29) is 5.41 Å². The van der Waals surface area contributed by atoms with Crippen molar-refractivity contribution in [2.24, 2.45) is 0 Å². The molecule has 0 aromatic heterocycles. The summed E-state index contributed by atoms with van der Waals surface area (Å²) >= 11 is 1.14. The number of carboxylic acid groups (broad SMARTS) is 1. The van der Waals surface area contributed by atoms with Gasteiger partial charge in [-0.2, -0.15) is 5.26 Å². The minimum absolute atomic E-state index is 0.124. The molecule has 0 bridgehead atoms. The number of nitrogens with zero attached hydrogens (tertiary/aromatic N) is 2. The summed E-state index contributed by atoms with van der Waals surface area (Å²) in [5, 5.41) is 20.2. The highest BCUT2D eigenvalue weighted by molar-refractivity contribution is 8.03. The van der Waals surface area contributed by atoms with Crippen LogP contribution in [0.15, 0.2) is 17.0 Å². The molecule has 1 aromatic rings. The van der Waals surface area contributed by atoms with Gasteiger partial charge in [-0.3, -0.25) is 4.90 Å². The first-order valence-electron chi connectivity index (χ1n) is 6.08. The fraction of sp³-hybridized carbons (Fsp3) is 0.429. The van der Waals surface area contributed by atoms with Crippen molar-refractivity contribution in [3.05, 3.63) is 23.3 Å². The van der Waals surface area contributed by atoms with Gasteiger partial charge in [0.2, 0.25) is 0 Å². The highest BCUT2D eigenvalue weighted by Gasteiger charge is 2.28. The van der Waals surface area contributed by atoms with E-state index < -0.39 is 6.09 Å². The second-order valence-corrected chi connectivity index (χ2v) is 6.43. The number of rotatable bonds is 1. The Morgan fingerprint density at radius 1 is 1.47 bits per heavy atom. The Morgan fingerprint density at radius 3 is 2.68 bits per heavy atom. The van der Waals surface area contributed by atoms with E-state index in [9.17, 15) is 9.90 Å². The Bertz CT molecular complexity index is 570. The Balaban J connectivity index is 2.58. The highest BCUT2D eigenvalue weighted by Crippen LogP contribution is 2.39. The van der Waals surface area contributed by atoms with Crippen molar-refractivity contribution in [3.8, 4) is 5.40 Å². The van der Waals surface area contributed by atoms with Crippen LogP contribution < -0.4 is 4.90 Å². The molecule has 0 spiro atoms. The molecule has 1 heterocycles. The van der Waals surface area contributed by atoms with Crippen molar-refractivity contribution in [3.63, 3.8) is 0 Å². The zero-order valence-corrected chi connectivity index (χ0v) is 12.0. The van der Waals surface area contributed by atoms with Crippen LogP contribution in [0.1, 0.15) is 31.9 Å². The molecule has 0 unspecified atom stereocenters. The van der Waals surface area contributed by atoms with Crippen molar-refractivity contribution >= 4 is 23.5 Å². The maximum Gasteiger partial charge on any atom is 0.411 e. The molecule has 5 heteroatoms. The molecule has 1 aliphatic rings. The van der Waals surface area contributed by atoms with Crippen molar-refractivity contribution in [1.82, 2.24) is 0 Å². The average molecular weight is 276 g/mol.